The quantitative estimate of drug-likeness (QED) is 0.258. The molecule has 218 valence electrons. The van der Waals surface area contributed by atoms with Gasteiger partial charge in [0.1, 0.15) is 18.5 Å². The Labute approximate surface area is 234 Å². The number of ether oxygens (including phenoxy) is 4. The molecule has 0 spiro atoms. The van der Waals surface area contributed by atoms with Crippen molar-refractivity contribution in [3.05, 3.63) is 76.6 Å². The van der Waals surface area contributed by atoms with Gasteiger partial charge < -0.3 is 18.9 Å². The Morgan fingerprint density at radius 1 is 1.10 bits per heavy atom. The Morgan fingerprint density at radius 2 is 1.85 bits per heavy atom. The van der Waals surface area contributed by atoms with Crippen LogP contribution >= 0.6 is 0 Å². The van der Waals surface area contributed by atoms with Crippen molar-refractivity contribution in [1.82, 2.24) is 19.3 Å². The van der Waals surface area contributed by atoms with Crippen LogP contribution in [0.5, 0.6) is 11.6 Å². The lowest BCUT2D eigenvalue weighted by molar-refractivity contribution is -0.189. The summed E-state index contributed by atoms with van der Waals surface area (Å²) in [6, 6.07) is 14.2. The SMILES string of the molecule is CCn1c(COCc2ccccc2)nn(-c2cc(O[C@@H](C)C(F)(F)F)c3c(OC4CCOCC4)nccc3c2)c1=O. The standard InChI is InChI=1S/C29H31F3N4O5/c1-3-35-25(18-39-17-20-7-5-4-6-8-20)34-36(28(35)37)22-15-21-9-12-33-27(41-23-10-13-38-14-11-23)26(21)24(16-22)40-19(2)29(30,31)32/h4-9,12,15-16,19,23H,3,10-11,13-14,17-18H2,1-2H3/t19-/m0/s1. The van der Waals surface area contributed by atoms with E-state index in [1.54, 1.807) is 19.1 Å². The van der Waals surface area contributed by atoms with Crippen molar-refractivity contribution < 1.29 is 32.1 Å². The first-order chi connectivity index (χ1) is 19.7. The van der Waals surface area contributed by atoms with E-state index in [0.29, 0.717) is 50.4 Å². The predicted octanol–water partition coefficient (Wildman–Crippen LogP) is 5.21. The molecule has 2 aromatic heterocycles. The third kappa shape index (κ3) is 6.54. The van der Waals surface area contributed by atoms with Crippen LogP contribution in [0, 0.1) is 0 Å². The highest BCUT2D eigenvalue weighted by atomic mass is 19.4. The first-order valence-corrected chi connectivity index (χ1v) is 13.5. The fourth-order valence-electron chi connectivity index (χ4n) is 4.61. The van der Waals surface area contributed by atoms with Gasteiger partial charge in [-0.25, -0.2) is 9.78 Å². The van der Waals surface area contributed by atoms with Gasteiger partial charge in [-0.2, -0.15) is 17.9 Å². The minimum absolute atomic E-state index is 0.0695. The number of nitrogens with zero attached hydrogens (tertiary/aromatic N) is 4. The number of fused-ring (bicyclic) bond motifs is 1. The van der Waals surface area contributed by atoms with E-state index in [4.69, 9.17) is 18.9 Å². The molecule has 1 aliphatic heterocycles. The molecule has 5 rings (SSSR count). The summed E-state index contributed by atoms with van der Waals surface area (Å²) in [5.41, 5.74) is 0.763. The van der Waals surface area contributed by atoms with E-state index in [-0.39, 0.29) is 35.4 Å². The summed E-state index contributed by atoms with van der Waals surface area (Å²) in [6.45, 7) is 4.51. The largest absolute Gasteiger partial charge is 0.480 e. The second-order valence-electron chi connectivity index (χ2n) is 9.72. The van der Waals surface area contributed by atoms with Gasteiger partial charge in [0.25, 0.3) is 0 Å². The van der Waals surface area contributed by atoms with Crippen molar-refractivity contribution in [2.45, 2.75) is 64.8 Å². The molecule has 0 aliphatic carbocycles. The summed E-state index contributed by atoms with van der Waals surface area (Å²) in [5.74, 6) is 0.432. The summed E-state index contributed by atoms with van der Waals surface area (Å²) in [5, 5.41) is 5.25. The zero-order valence-corrected chi connectivity index (χ0v) is 22.8. The molecule has 2 aromatic carbocycles. The van der Waals surface area contributed by atoms with E-state index in [1.807, 2.05) is 30.3 Å². The molecule has 3 heterocycles. The molecule has 0 saturated carbocycles. The second-order valence-corrected chi connectivity index (χ2v) is 9.72. The zero-order chi connectivity index (χ0) is 29.0. The maximum atomic E-state index is 13.6. The Kier molecular flexibility index (Phi) is 8.60. The van der Waals surface area contributed by atoms with Crippen molar-refractivity contribution in [1.29, 1.82) is 0 Å². The molecule has 0 unspecified atom stereocenters. The minimum atomic E-state index is -4.61. The number of hydrogen-bond donors (Lipinski definition) is 0. The summed E-state index contributed by atoms with van der Waals surface area (Å²) >= 11 is 0. The van der Waals surface area contributed by atoms with Crippen molar-refractivity contribution in [2.75, 3.05) is 13.2 Å². The number of aromatic nitrogens is 4. The first-order valence-electron chi connectivity index (χ1n) is 13.5. The monoisotopic (exact) mass is 572 g/mol. The smallest absolute Gasteiger partial charge is 0.425 e. The van der Waals surface area contributed by atoms with E-state index in [1.165, 1.54) is 16.8 Å². The third-order valence-corrected chi connectivity index (χ3v) is 6.83. The molecule has 0 N–H and O–H groups in total. The topological polar surface area (TPSA) is 89.6 Å². The van der Waals surface area contributed by atoms with Crippen LogP contribution in [0.2, 0.25) is 0 Å². The number of alkyl halides is 3. The predicted molar refractivity (Wildman–Crippen MR) is 144 cm³/mol. The minimum Gasteiger partial charge on any atom is -0.480 e. The third-order valence-electron chi connectivity index (χ3n) is 6.83. The van der Waals surface area contributed by atoms with Crippen molar-refractivity contribution in [2.24, 2.45) is 0 Å². The van der Waals surface area contributed by atoms with E-state index in [9.17, 15) is 18.0 Å². The number of rotatable bonds is 10. The van der Waals surface area contributed by atoms with Crippen molar-refractivity contribution in [3.8, 4) is 17.3 Å². The van der Waals surface area contributed by atoms with Crippen LogP contribution in [0.1, 0.15) is 38.1 Å². The fourth-order valence-corrected chi connectivity index (χ4v) is 4.61. The molecule has 1 aliphatic rings. The molecular formula is C29H31F3N4O5. The number of benzene rings is 2. The van der Waals surface area contributed by atoms with Gasteiger partial charge in [-0.1, -0.05) is 30.3 Å². The summed E-state index contributed by atoms with van der Waals surface area (Å²) in [7, 11) is 0. The van der Waals surface area contributed by atoms with E-state index in [0.717, 1.165) is 17.2 Å². The van der Waals surface area contributed by atoms with Gasteiger partial charge >= 0.3 is 11.9 Å². The summed E-state index contributed by atoms with van der Waals surface area (Å²) < 4.78 is 66.1. The molecular weight excluding hydrogens is 541 g/mol. The highest BCUT2D eigenvalue weighted by Crippen LogP contribution is 2.38. The molecule has 4 aromatic rings. The summed E-state index contributed by atoms with van der Waals surface area (Å²) in [6.07, 6.45) is -4.17. The van der Waals surface area contributed by atoms with E-state index >= 15 is 0 Å². The molecule has 0 radical (unpaired) electrons. The van der Waals surface area contributed by atoms with Crippen LogP contribution in [0.4, 0.5) is 13.2 Å². The highest BCUT2D eigenvalue weighted by Gasteiger charge is 2.38. The Morgan fingerprint density at radius 3 is 2.56 bits per heavy atom. The molecule has 12 heteroatoms. The molecule has 1 saturated heterocycles. The second kappa shape index (κ2) is 12.3. The average Bonchev–Trinajstić information content (AvgIpc) is 3.28. The number of hydrogen-bond acceptors (Lipinski definition) is 7. The molecule has 1 atom stereocenters. The molecule has 0 bridgehead atoms. The van der Waals surface area contributed by atoms with Crippen LogP contribution < -0.4 is 15.2 Å². The molecule has 41 heavy (non-hydrogen) atoms. The lowest BCUT2D eigenvalue weighted by atomic mass is 10.1. The number of halogens is 3. The van der Waals surface area contributed by atoms with Gasteiger partial charge in [0, 0.05) is 31.6 Å². The van der Waals surface area contributed by atoms with Gasteiger partial charge in [-0.05, 0) is 36.9 Å². The first kappa shape index (κ1) is 28.6. The van der Waals surface area contributed by atoms with Crippen molar-refractivity contribution in [3.63, 3.8) is 0 Å². The lowest BCUT2D eigenvalue weighted by Crippen LogP contribution is -2.31. The van der Waals surface area contributed by atoms with E-state index < -0.39 is 18.0 Å². The average molecular weight is 573 g/mol. The van der Waals surface area contributed by atoms with Crippen LogP contribution in [-0.2, 0) is 29.2 Å². The van der Waals surface area contributed by atoms with Gasteiger partial charge in [0.15, 0.2) is 11.9 Å². The van der Waals surface area contributed by atoms with Gasteiger partial charge in [0.05, 0.1) is 30.9 Å². The lowest BCUT2D eigenvalue weighted by Gasteiger charge is -2.24. The molecule has 0 amide bonds. The van der Waals surface area contributed by atoms with Crippen molar-refractivity contribution >= 4 is 10.8 Å². The normalized spacial score (nSPS) is 15.2. The Hall–Kier alpha value is -3.90. The van der Waals surface area contributed by atoms with E-state index in [2.05, 4.69) is 10.1 Å². The molecule has 9 nitrogen and oxygen atoms in total. The van der Waals surface area contributed by atoms with Crippen LogP contribution in [0.3, 0.4) is 0 Å². The van der Waals surface area contributed by atoms with Crippen LogP contribution in [0.15, 0.2) is 59.5 Å². The number of pyridine rings is 1. The summed E-state index contributed by atoms with van der Waals surface area (Å²) in [4.78, 5) is 17.7. The Balaban J connectivity index is 1.53. The van der Waals surface area contributed by atoms with Crippen LogP contribution in [0.25, 0.3) is 16.5 Å². The van der Waals surface area contributed by atoms with Gasteiger partial charge in [0.2, 0.25) is 5.88 Å². The van der Waals surface area contributed by atoms with Gasteiger partial charge in [-0.3, -0.25) is 4.57 Å². The highest BCUT2D eigenvalue weighted by molar-refractivity contribution is 5.94. The van der Waals surface area contributed by atoms with Crippen LogP contribution in [-0.4, -0.2) is 50.9 Å². The van der Waals surface area contributed by atoms with Gasteiger partial charge in [-0.15, -0.1) is 5.10 Å². The fraction of sp³-hybridized carbons (Fsp3) is 0.414. The maximum absolute atomic E-state index is 13.6. The maximum Gasteiger partial charge on any atom is 0.425 e. The Bertz CT molecular complexity index is 1530. The zero-order valence-electron chi connectivity index (χ0n) is 22.8. The molecule has 1 fully saturated rings.